The monoisotopic (exact) mass is 381 g/mol. The van der Waals surface area contributed by atoms with Crippen LogP contribution < -0.4 is 15.4 Å². The minimum absolute atomic E-state index is 0.592. The van der Waals surface area contributed by atoms with E-state index in [-0.39, 0.29) is 0 Å². The van der Waals surface area contributed by atoms with Crippen LogP contribution in [0.3, 0.4) is 0 Å². The summed E-state index contributed by atoms with van der Waals surface area (Å²) in [7, 11) is 1.86. The minimum atomic E-state index is 0.592. The molecule has 1 aromatic carbocycles. The lowest BCUT2D eigenvalue weighted by Crippen LogP contribution is -2.49. The maximum Gasteiger partial charge on any atom is 0.229 e. The molecule has 2 aromatic rings. The van der Waals surface area contributed by atoms with Gasteiger partial charge in [0.15, 0.2) is 0 Å². The van der Waals surface area contributed by atoms with Crippen molar-refractivity contribution in [2.75, 3.05) is 43.9 Å². The van der Waals surface area contributed by atoms with Crippen LogP contribution in [0.2, 0.25) is 0 Å². The maximum absolute atomic E-state index is 6.23. The fourth-order valence-corrected chi connectivity index (χ4v) is 3.74. The molecule has 2 heterocycles. The van der Waals surface area contributed by atoms with Crippen LogP contribution in [0.1, 0.15) is 31.0 Å². The molecule has 0 unspecified atom stereocenters. The van der Waals surface area contributed by atoms with Gasteiger partial charge in [-0.2, -0.15) is 4.98 Å². The summed E-state index contributed by atoms with van der Waals surface area (Å²) in [5, 5.41) is 6.38. The molecule has 0 amide bonds. The van der Waals surface area contributed by atoms with E-state index < -0.39 is 0 Å². The van der Waals surface area contributed by atoms with Crippen molar-refractivity contribution >= 4 is 17.5 Å². The molecule has 1 saturated carbocycles. The number of nitrogens with zero attached hydrogens (tertiary/aromatic N) is 3. The van der Waals surface area contributed by atoms with E-state index >= 15 is 0 Å². The molecule has 6 nitrogen and oxygen atoms in total. The van der Waals surface area contributed by atoms with Gasteiger partial charge in [0.1, 0.15) is 11.6 Å². The molecule has 0 atom stereocenters. The van der Waals surface area contributed by atoms with Crippen molar-refractivity contribution in [3.8, 4) is 5.75 Å². The smallest absolute Gasteiger partial charge is 0.229 e. The second kappa shape index (κ2) is 8.35. The standard InChI is InChI=1S/C22H31N5O/c1-4-18-7-8-19(25-22-24-15(2)9-21(23-3)26-22)10-20(18)28-14-17-12-27(13-17)11-16-5-6-16/h7-10,16-17H,4-6,11-14H2,1-3H3,(H2,23,24,25,26). The Morgan fingerprint density at radius 1 is 1.14 bits per heavy atom. The van der Waals surface area contributed by atoms with Crippen molar-refractivity contribution in [3.05, 3.63) is 35.5 Å². The quantitative estimate of drug-likeness (QED) is 0.688. The van der Waals surface area contributed by atoms with E-state index in [9.17, 15) is 0 Å². The first-order valence-electron chi connectivity index (χ1n) is 10.4. The second-order valence-corrected chi connectivity index (χ2v) is 8.11. The van der Waals surface area contributed by atoms with Crippen LogP contribution in [-0.2, 0) is 6.42 Å². The van der Waals surface area contributed by atoms with Crippen LogP contribution in [0, 0.1) is 18.8 Å². The van der Waals surface area contributed by atoms with E-state index in [2.05, 4.69) is 50.6 Å². The zero-order valence-corrected chi connectivity index (χ0v) is 17.2. The third-order valence-corrected chi connectivity index (χ3v) is 5.54. The van der Waals surface area contributed by atoms with Crippen molar-refractivity contribution in [2.45, 2.75) is 33.1 Å². The number of hydrogen-bond acceptors (Lipinski definition) is 6. The third-order valence-electron chi connectivity index (χ3n) is 5.54. The Kier molecular flexibility index (Phi) is 5.67. The summed E-state index contributed by atoms with van der Waals surface area (Å²) in [6, 6.07) is 8.19. The number of benzene rings is 1. The van der Waals surface area contributed by atoms with E-state index in [1.807, 2.05) is 20.0 Å². The van der Waals surface area contributed by atoms with Crippen molar-refractivity contribution in [2.24, 2.45) is 11.8 Å². The van der Waals surface area contributed by atoms with Gasteiger partial charge >= 0.3 is 0 Å². The lowest BCUT2D eigenvalue weighted by Gasteiger charge is -2.39. The van der Waals surface area contributed by atoms with E-state index in [0.717, 1.165) is 41.9 Å². The fourth-order valence-electron chi connectivity index (χ4n) is 3.74. The SMILES string of the molecule is CCc1ccc(Nc2nc(C)cc(NC)n2)cc1OCC1CN(CC2CC2)C1. The van der Waals surface area contributed by atoms with Gasteiger partial charge < -0.3 is 20.3 Å². The molecule has 2 fully saturated rings. The number of ether oxygens (including phenoxy) is 1. The van der Waals surface area contributed by atoms with Gasteiger partial charge in [0, 0.05) is 56.1 Å². The van der Waals surface area contributed by atoms with Gasteiger partial charge in [-0.25, -0.2) is 4.98 Å². The molecular formula is C22H31N5O. The number of hydrogen-bond donors (Lipinski definition) is 2. The molecule has 6 heteroatoms. The molecule has 0 spiro atoms. The highest BCUT2D eigenvalue weighted by atomic mass is 16.5. The second-order valence-electron chi connectivity index (χ2n) is 8.11. The van der Waals surface area contributed by atoms with Crippen LogP contribution in [0.4, 0.5) is 17.5 Å². The van der Waals surface area contributed by atoms with Gasteiger partial charge in [-0.15, -0.1) is 0 Å². The average molecular weight is 382 g/mol. The predicted octanol–water partition coefficient (Wildman–Crippen LogP) is 3.85. The Bertz CT molecular complexity index is 815. The van der Waals surface area contributed by atoms with Crippen molar-refractivity contribution in [3.63, 3.8) is 0 Å². The van der Waals surface area contributed by atoms with Crippen LogP contribution in [0.15, 0.2) is 24.3 Å². The summed E-state index contributed by atoms with van der Waals surface area (Å²) in [4.78, 5) is 11.5. The number of aryl methyl sites for hydroxylation is 2. The highest BCUT2D eigenvalue weighted by molar-refractivity contribution is 5.59. The molecule has 1 aliphatic carbocycles. The topological polar surface area (TPSA) is 62.3 Å². The maximum atomic E-state index is 6.23. The largest absolute Gasteiger partial charge is 0.493 e. The molecule has 28 heavy (non-hydrogen) atoms. The molecule has 1 aromatic heterocycles. The molecule has 150 valence electrons. The molecule has 2 N–H and O–H groups in total. The Morgan fingerprint density at radius 3 is 2.68 bits per heavy atom. The molecule has 1 saturated heterocycles. The van der Waals surface area contributed by atoms with Gasteiger partial charge in [-0.05, 0) is 43.7 Å². The summed E-state index contributed by atoms with van der Waals surface area (Å²) in [5.74, 6) is 3.99. The number of aromatic nitrogens is 2. The molecule has 0 radical (unpaired) electrons. The van der Waals surface area contributed by atoms with Crippen LogP contribution in [0.25, 0.3) is 0 Å². The van der Waals surface area contributed by atoms with Crippen LogP contribution in [-0.4, -0.2) is 48.2 Å². The van der Waals surface area contributed by atoms with E-state index in [1.54, 1.807) is 0 Å². The Balaban J connectivity index is 1.37. The van der Waals surface area contributed by atoms with E-state index in [0.29, 0.717) is 11.9 Å². The van der Waals surface area contributed by atoms with Crippen molar-refractivity contribution in [1.29, 1.82) is 0 Å². The lowest BCUT2D eigenvalue weighted by atomic mass is 10.0. The molecule has 1 aliphatic heterocycles. The summed E-state index contributed by atoms with van der Waals surface area (Å²) < 4.78 is 6.23. The van der Waals surface area contributed by atoms with E-state index in [4.69, 9.17) is 4.74 Å². The minimum Gasteiger partial charge on any atom is -0.493 e. The van der Waals surface area contributed by atoms with Gasteiger partial charge in [-0.3, -0.25) is 0 Å². The summed E-state index contributed by atoms with van der Waals surface area (Å²) >= 11 is 0. The Morgan fingerprint density at radius 2 is 1.96 bits per heavy atom. The number of nitrogens with one attached hydrogen (secondary N) is 2. The zero-order chi connectivity index (χ0) is 19.5. The molecular weight excluding hydrogens is 350 g/mol. The fraction of sp³-hybridized carbons (Fsp3) is 0.545. The molecule has 2 aliphatic rings. The van der Waals surface area contributed by atoms with E-state index in [1.165, 1.54) is 38.0 Å². The summed E-state index contributed by atoms with van der Waals surface area (Å²) in [6.07, 6.45) is 3.81. The number of rotatable bonds is 9. The first-order chi connectivity index (χ1) is 13.6. The van der Waals surface area contributed by atoms with Gasteiger partial charge in [-0.1, -0.05) is 13.0 Å². The van der Waals surface area contributed by atoms with Gasteiger partial charge in [0.25, 0.3) is 0 Å². The van der Waals surface area contributed by atoms with Crippen LogP contribution >= 0.6 is 0 Å². The van der Waals surface area contributed by atoms with Crippen molar-refractivity contribution < 1.29 is 4.74 Å². The molecule has 4 rings (SSSR count). The number of anilines is 3. The average Bonchev–Trinajstić information content (AvgIpc) is 3.47. The van der Waals surface area contributed by atoms with Gasteiger partial charge in [0.2, 0.25) is 5.95 Å². The first kappa shape index (κ1) is 19.0. The normalized spacial score (nSPS) is 17.2. The number of likely N-dealkylation sites (tertiary alicyclic amines) is 1. The van der Waals surface area contributed by atoms with Crippen LogP contribution in [0.5, 0.6) is 5.75 Å². The highest BCUT2D eigenvalue weighted by Gasteiger charge is 2.32. The van der Waals surface area contributed by atoms with Gasteiger partial charge in [0.05, 0.1) is 6.61 Å². The molecule has 0 bridgehead atoms. The Labute approximate surface area is 167 Å². The van der Waals surface area contributed by atoms with Crippen molar-refractivity contribution in [1.82, 2.24) is 14.9 Å². The third kappa shape index (κ3) is 4.73. The Hall–Kier alpha value is -2.34. The zero-order valence-electron chi connectivity index (χ0n) is 17.2. The highest BCUT2D eigenvalue weighted by Crippen LogP contribution is 2.32. The first-order valence-corrected chi connectivity index (χ1v) is 10.4. The summed E-state index contributed by atoms with van der Waals surface area (Å²) in [5.41, 5.74) is 3.11. The predicted molar refractivity (Wildman–Crippen MR) is 114 cm³/mol. The lowest BCUT2D eigenvalue weighted by molar-refractivity contribution is 0.0581. The summed E-state index contributed by atoms with van der Waals surface area (Å²) in [6.45, 7) is 8.58.